The minimum atomic E-state index is -0.995. The Labute approximate surface area is 231 Å². The Balaban J connectivity index is 1.50. The van der Waals surface area contributed by atoms with Crippen LogP contribution in [0.5, 0.6) is 5.75 Å². The normalized spacial score (nSPS) is 14.9. The number of urea groups is 1. The SMILES string of the molecule is CCOC(=O)c1ccc(NC(=O)C[C@H]2C(=O)N(c3ccc(Cl)cc3)C(=O)N2CCc2ccc(OC)cc2)cc1. The molecule has 1 fully saturated rings. The molecule has 4 amide bonds. The number of methoxy groups -OCH3 is 1. The quantitative estimate of drug-likeness (QED) is 0.284. The molecule has 4 rings (SSSR count). The van der Waals surface area contributed by atoms with Crippen molar-refractivity contribution in [2.24, 2.45) is 0 Å². The number of hydrogen-bond acceptors (Lipinski definition) is 6. The van der Waals surface area contributed by atoms with Gasteiger partial charge in [-0.3, -0.25) is 9.59 Å². The fraction of sp³-hybridized carbons (Fsp3) is 0.241. The van der Waals surface area contributed by atoms with Gasteiger partial charge in [0.2, 0.25) is 5.91 Å². The molecule has 0 spiro atoms. The van der Waals surface area contributed by atoms with Gasteiger partial charge < -0.3 is 19.7 Å². The number of ether oxygens (including phenoxy) is 2. The van der Waals surface area contributed by atoms with E-state index in [0.717, 1.165) is 10.5 Å². The lowest BCUT2D eigenvalue weighted by Crippen LogP contribution is -2.39. The number of nitrogens with zero attached hydrogens (tertiary/aromatic N) is 2. The predicted molar refractivity (Wildman–Crippen MR) is 147 cm³/mol. The van der Waals surface area contributed by atoms with E-state index in [1.54, 1.807) is 62.6 Å². The maximum Gasteiger partial charge on any atom is 0.338 e. The van der Waals surface area contributed by atoms with Gasteiger partial charge in [0.05, 0.1) is 31.4 Å². The van der Waals surface area contributed by atoms with Crippen LogP contribution in [0, 0.1) is 0 Å². The first-order valence-electron chi connectivity index (χ1n) is 12.4. The Bertz CT molecular complexity index is 1340. The number of rotatable bonds is 10. The molecule has 9 nitrogen and oxygen atoms in total. The number of anilines is 2. The van der Waals surface area contributed by atoms with E-state index < -0.39 is 29.9 Å². The standard InChI is InChI=1S/C29H28ClN3O6/c1-3-39-28(36)20-6-10-22(11-7-20)31-26(34)18-25-27(35)33(23-12-8-21(30)9-13-23)29(37)32(25)17-16-19-4-14-24(38-2)15-5-19/h4-15,25H,3,16-18H2,1-2H3,(H,31,34)/t25-/m0/s1. The maximum atomic E-state index is 13.5. The number of esters is 1. The number of nitrogens with one attached hydrogen (secondary N) is 1. The van der Waals surface area contributed by atoms with E-state index >= 15 is 0 Å². The van der Waals surface area contributed by atoms with Crippen LogP contribution < -0.4 is 15.0 Å². The van der Waals surface area contributed by atoms with Gasteiger partial charge in [0.25, 0.3) is 5.91 Å². The topological polar surface area (TPSA) is 105 Å². The molecule has 39 heavy (non-hydrogen) atoms. The van der Waals surface area contributed by atoms with Crippen LogP contribution in [-0.4, -0.2) is 55.0 Å². The fourth-order valence-electron chi connectivity index (χ4n) is 4.25. The third-order valence-electron chi connectivity index (χ3n) is 6.26. The fourth-order valence-corrected chi connectivity index (χ4v) is 4.37. The van der Waals surface area contributed by atoms with Gasteiger partial charge in [0.1, 0.15) is 11.8 Å². The van der Waals surface area contributed by atoms with Crippen molar-refractivity contribution in [1.29, 1.82) is 0 Å². The summed E-state index contributed by atoms with van der Waals surface area (Å²) in [6.07, 6.45) is 0.238. The highest BCUT2D eigenvalue weighted by Crippen LogP contribution is 2.28. The summed E-state index contributed by atoms with van der Waals surface area (Å²) >= 11 is 5.99. The highest BCUT2D eigenvalue weighted by Gasteiger charge is 2.46. The Morgan fingerprint density at radius 1 is 0.949 bits per heavy atom. The highest BCUT2D eigenvalue weighted by molar-refractivity contribution is 6.30. The Morgan fingerprint density at radius 2 is 1.62 bits per heavy atom. The number of amides is 4. The zero-order chi connectivity index (χ0) is 27.9. The van der Waals surface area contributed by atoms with Gasteiger partial charge in [-0.15, -0.1) is 0 Å². The molecule has 1 aliphatic heterocycles. The lowest BCUT2D eigenvalue weighted by molar-refractivity contribution is -0.124. The van der Waals surface area contributed by atoms with Gasteiger partial charge >= 0.3 is 12.0 Å². The molecule has 0 unspecified atom stereocenters. The Hall–Kier alpha value is -4.37. The minimum absolute atomic E-state index is 0.229. The summed E-state index contributed by atoms with van der Waals surface area (Å²) in [6, 6.07) is 18.5. The Kier molecular flexibility index (Phi) is 8.83. The van der Waals surface area contributed by atoms with Gasteiger partial charge in [-0.25, -0.2) is 14.5 Å². The van der Waals surface area contributed by atoms with E-state index in [1.807, 2.05) is 24.3 Å². The summed E-state index contributed by atoms with van der Waals surface area (Å²) < 4.78 is 10.2. The molecule has 0 radical (unpaired) electrons. The van der Waals surface area contributed by atoms with Crippen molar-refractivity contribution in [3.8, 4) is 5.75 Å². The van der Waals surface area contributed by atoms with E-state index in [4.69, 9.17) is 21.1 Å². The van der Waals surface area contributed by atoms with Crippen molar-refractivity contribution in [2.45, 2.75) is 25.8 Å². The smallest absolute Gasteiger partial charge is 0.338 e. The minimum Gasteiger partial charge on any atom is -0.497 e. The monoisotopic (exact) mass is 549 g/mol. The van der Waals surface area contributed by atoms with Crippen LogP contribution in [0.3, 0.4) is 0 Å². The first-order chi connectivity index (χ1) is 18.8. The van der Waals surface area contributed by atoms with Crippen molar-refractivity contribution in [1.82, 2.24) is 4.90 Å². The largest absolute Gasteiger partial charge is 0.497 e. The third-order valence-corrected chi connectivity index (χ3v) is 6.51. The van der Waals surface area contributed by atoms with Crippen molar-refractivity contribution in [2.75, 3.05) is 30.5 Å². The molecule has 0 aromatic heterocycles. The summed E-state index contributed by atoms with van der Waals surface area (Å²) in [6.45, 7) is 2.20. The molecule has 3 aromatic rings. The highest BCUT2D eigenvalue weighted by atomic mass is 35.5. The number of carbonyl (C=O) groups is 4. The molecule has 1 atom stereocenters. The lowest BCUT2D eigenvalue weighted by Gasteiger charge is -2.21. The third kappa shape index (κ3) is 6.56. The van der Waals surface area contributed by atoms with Gasteiger partial charge in [0, 0.05) is 17.3 Å². The summed E-state index contributed by atoms with van der Waals surface area (Å²) in [4.78, 5) is 54.2. The second-order valence-electron chi connectivity index (χ2n) is 8.79. The average Bonchev–Trinajstić information content (AvgIpc) is 3.16. The molecule has 0 aliphatic carbocycles. The van der Waals surface area contributed by atoms with E-state index in [0.29, 0.717) is 34.1 Å². The Morgan fingerprint density at radius 3 is 2.23 bits per heavy atom. The zero-order valence-corrected chi connectivity index (χ0v) is 22.3. The summed E-state index contributed by atoms with van der Waals surface area (Å²) in [5, 5.41) is 3.21. The van der Waals surface area contributed by atoms with Crippen LogP contribution in [-0.2, 0) is 20.7 Å². The molecular weight excluding hydrogens is 522 g/mol. The molecular formula is C29H28ClN3O6. The number of carbonyl (C=O) groups excluding carboxylic acids is 4. The van der Waals surface area contributed by atoms with Gasteiger partial charge in [-0.1, -0.05) is 23.7 Å². The number of imide groups is 1. The number of benzene rings is 3. The van der Waals surface area contributed by atoms with Crippen molar-refractivity contribution in [3.05, 3.63) is 88.9 Å². The molecule has 10 heteroatoms. The lowest BCUT2D eigenvalue weighted by atomic mass is 10.1. The van der Waals surface area contributed by atoms with Crippen molar-refractivity contribution in [3.63, 3.8) is 0 Å². The van der Waals surface area contributed by atoms with E-state index in [-0.39, 0.29) is 19.6 Å². The molecule has 0 bridgehead atoms. The van der Waals surface area contributed by atoms with E-state index in [2.05, 4.69) is 5.32 Å². The maximum absolute atomic E-state index is 13.5. The first kappa shape index (κ1) is 27.7. The summed E-state index contributed by atoms with van der Waals surface area (Å²) in [5.74, 6) is -0.688. The zero-order valence-electron chi connectivity index (χ0n) is 21.6. The van der Waals surface area contributed by atoms with Crippen LogP contribution in [0.15, 0.2) is 72.8 Å². The molecule has 202 valence electrons. The summed E-state index contributed by atoms with van der Waals surface area (Å²) in [5.41, 5.74) is 2.13. The first-order valence-corrected chi connectivity index (χ1v) is 12.8. The second-order valence-corrected chi connectivity index (χ2v) is 9.23. The average molecular weight is 550 g/mol. The molecule has 3 aromatic carbocycles. The molecule has 1 aliphatic rings. The van der Waals surface area contributed by atoms with Crippen LogP contribution >= 0.6 is 11.6 Å². The number of hydrogen-bond donors (Lipinski definition) is 1. The van der Waals surface area contributed by atoms with Crippen LogP contribution in [0.2, 0.25) is 5.02 Å². The molecule has 0 saturated carbocycles. The van der Waals surface area contributed by atoms with Crippen LogP contribution in [0.4, 0.5) is 16.2 Å². The molecule has 1 saturated heterocycles. The van der Waals surface area contributed by atoms with Gasteiger partial charge in [-0.05, 0) is 79.6 Å². The van der Waals surface area contributed by atoms with Gasteiger partial charge in [0.15, 0.2) is 0 Å². The van der Waals surface area contributed by atoms with E-state index in [9.17, 15) is 19.2 Å². The van der Waals surface area contributed by atoms with Crippen LogP contribution in [0.1, 0.15) is 29.3 Å². The predicted octanol–water partition coefficient (Wildman–Crippen LogP) is 4.93. The van der Waals surface area contributed by atoms with Crippen molar-refractivity contribution >= 4 is 46.8 Å². The van der Waals surface area contributed by atoms with Gasteiger partial charge in [-0.2, -0.15) is 0 Å². The van der Waals surface area contributed by atoms with Crippen LogP contribution in [0.25, 0.3) is 0 Å². The number of halogens is 1. The summed E-state index contributed by atoms with van der Waals surface area (Å²) in [7, 11) is 1.58. The molecule has 1 N–H and O–H groups in total. The van der Waals surface area contributed by atoms with Crippen molar-refractivity contribution < 1.29 is 28.7 Å². The van der Waals surface area contributed by atoms with E-state index in [1.165, 1.54) is 4.90 Å². The second kappa shape index (κ2) is 12.4. The molecule has 1 heterocycles.